The molecule has 8 nitrogen and oxygen atoms in total. The van der Waals surface area contributed by atoms with Crippen molar-refractivity contribution in [2.45, 2.75) is 4.90 Å². The SMILES string of the molecule is COc1cccc(N2CCN(Sc3ccc(N=C(N)/C(=C\N)C(N)=O)cc3)CC2)c1. The van der Waals surface area contributed by atoms with Crippen LogP contribution in [0.2, 0.25) is 0 Å². The van der Waals surface area contributed by atoms with Gasteiger partial charge in [0.2, 0.25) is 0 Å². The number of amides is 1. The largest absolute Gasteiger partial charge is 0.497 e. The summed E-state index contributed by atoms with van der Waals surface area (Å²) >= 11 is 1.71. The first-order chi connectivity index (χ1) is 14.5. The van der Waals surface area contributed by atoms with E-state index in [1.54, 1.807) is 19.1 Å². The van der Waals surface area contributed by atoms with Gasteiger partial charge in [-0.2, -0.15) is 0 Å². The Morgan fingerprint density at radius 1 is 1.10 bits per heavy atom. The summed E-state index contributed by atoms with van der Waals surface area (Å²) in [5.74, 6) is 0.163. The van der Waals surface area contributed by atoms with Crippen molar-refractivity contribution >= 4 is 35.1 Å². The van der Waals surface area contributed by atoms with Gasteiger partial charge in [0.1, 0.15) is 11.6 Å². The van der Waals surface area contributed by atoms with Crippen LogP contribution in [0.25, 0.3) is 0 Å². The summed E-state index contributed by atoms with van der Waals surface area (Å²) in [5.41, 5.74) is 18.2. The predicted molar refractivity (Wildman–Crippen MR) is 122 cm³/mol. The summed E-state index contributed by atoms with van der Waals surface area (Å²) in [4.78, 5) is 18.9. The number of aliphatic imine (C=N–C) groups is 1. The van der Waals surface area contributed by atoms with Crippen LogP contribution < -0.4 is 26.8 Å². The molecule has 1 saturated heterocycles. The van der Waals surface area contributed by atoms with E-state index in [9.17, 15) is 4.79 Å². The van der Waals surface area contributed by atoms with Crippen LogP contribution >= 0.6 is 11.9 Å². The molecule has 0 bridgehead atoms. The summed E-state index contributed by atoms with van der Waals surface area (Å²) < 4.78 is 7.66. The molecule has 9 heteroatoms. The Bertz CT molecular complexity index is 937. The molecule has 3 rings (SSSR count). The number of hydrogen-bond acceptors (Lipinski definition) is 7. The fourth-order valence-electron chi connectivity index (χ4n) is 3.07. The monoisotopic (exact) mass is 426 g/mol. The lowest BCUT2D eigenvalue weighted by molar-refractivity contribution is -0.114. The number of hydrogen-bond donors (Lipinski definition) is 3. The molecule has 0 aromatic heterocycles. The van der Waals surface area contributed by atoms with Gasteiger partial charge in [-0.1, -0.05) is 6.07 Å². The highest BCUT2D eigenvalue weighted by Crippen LogP contribution is 2.28. The van der Waals surface area contributed by atoms with Crippen LogP contribution in [0.3, 0.4) is 0 Å². The van der Waals surface area contributed by atoms with E-state index in [2.05, 4.69) is 26.3 Å². The zero-order valence-corrected chi connectivity index (χ0v) is 17.6. The quantitative estimate of drug-likeness (QED) is 0.267. The van der Waals surface area contributed by atoms with Crippen molar-refractivity contribution in [3.8, 4) is 5.75 Å². The number of amidine groups is 1. The van der Waals surface area contributed by atoms with Crippen molar-refractivity contribution in [3.63, 3.8) is 0 Å². The average molecular weight is 427 g/mol. The number of nitrogens with zero attached hydrogens (tertiary/aromatic N) is 3. The van der Waals surface area contributed by atoms with Crippen molar-refractivity contribution < 1.29 is 9.53 Å². The molecule has 2 aromatic carbocycles. The van der Waals surface area contributed by atoms with Gasteiger partial charge in [0.05, 0.1) is 18.4 Å². The second kappa shape index (κ2) is 10.0. The van der Waals surface area contributed by atoms with E-state index in [-0.39, 0.29) is 11.4 Å². The molecule has 0 atom stereocenters. The van der Waals surface area contributed by atoms with Crippen LogP contribution in [0.4, 0.5) is 11.4 Å². The van der Waals surface area contributed by atoms with Gasteiger partial charge in [-0.15, -0.1) is 0 Å². The first-order valence-corrected chi connectivity index (χ1v) is 10.3. The first kappa shape index (κ1) is 21.5. The first-order valence-electron chi connectivity index (χ1n) is 9.48. The van der Waals surface area contributed by atoms with E-state index in [0.29, 0.717) is 5.69 Å². The molecule has 1 fully saturated rings. The summed E-state index contributed by atoms with van der Waals surface area (Å²) in [6.45, 7) is 3.77. The number of rotatable bonds is 7. The minimum absolute atomic E-state index is 0.000863. The number of ether oxygens (including phenoxy) is 1. The van der Waals surface area contributed by atoms with Gasteiger partial charge < -0.3 is 26.8 Å². The van der Waals surface area contributed by atoms with Crippen molar-refractivity contribution in [2.24, 2.45) is 22.2 Å². The van der Waals surface area contributed by atoms with Crippen molar-refractivity contribution in [2.75, 3.05) is 38.2 Å². The number of benzene rings is 2. The minimum Gasteiger partial charge on any atom is -0.497 e. The molecule has 1 aliphatic rings. The molecule has 2 aromatic rings. The number of nitrogens with two attached hydrogens (primary N) is 3. The molecule has 1 amide bonds. The highest BCUT2D eigenvalue weighted by atomic mass is 32.2. The molecular weight excluding hydrogens is 400 g/mol. The maximum atomic E-state index is 11.3. The normalized spacial score (nSPS) is 15.8. The summed E-state index contributed by atoms with van der Waals surface area (Å²) in [5, 5.41) is 0. The molecule has 1 heterocycles. The maximum absolute atomic E-state index is 11.3. The van der Waals surface area contributed by atoms with Gasteiger partial charge >= 0.3 is 0 Å². The molecule has 1 aliphatic heterocycles. The van der Waals surface area contributed by atoms with Gasteiger partial charge in [0.25, 0.3) is 5.91 Å². The highest BCUT2D eigenvalue weighted by Gasteiger charge is 2.18. The minimum atomic E-state index is -0.709. The van der Waals surface area contributed by atoms with Gasteiger partial charge in [0.15, 0.2) is 0 Å². The van der Waals surface area contributed by atoms with Crippen molar-refractivity contribution in [3.05, 3.63) is 60.3 Å². The topological polar surface area (TPSA) is 123 Å². The van der Waals surface area contributed by atoms with E-state index >= 15 is 0 Å². The molecule has 6 N–H and O–H groups in total. The lowest BCUT2D eigenvalue weighted by Crippen LogP contribution is -2.43. The fourth-order valence-corrected chi connectivity index (χ4v) is 3.97. The van der Waals surface area contributed by atoms with Crippen molar-refractivity contribution in [1.29, 1.82) is 0 Å². The van der Waals surface area contributed by atoms with Crippen LogP contribution in [0.1, 0.15) is 0 Å². The summed E-state index contributed by atoms with van der Waals surface area (Å²) in [6, 6.07) is 15.8. The van der Waals surface area contributed by atoms with Gasteiger partial charge in [-0.05, 0) is 48.3 Å². The summed E-state index contributed by atoms with van der Waals surface area (Å²) in [7, 11) is 1.68. The van der Waals surface area contributed by atoms with E-state index in [0.717, 1.165) is 43.0 Å². The summed E-state index contributed by atoms with van der Waals surface area (Å²) in [6.07, 6.45) is 1.07. The predicted octanol–water partition coefficient (Wildman–Crippen LogP) is 1.84. The van der Waals surface area contributed by atoms with Crippen LogP contribution in [0.5, 0.6) is 5.75 Å². The Morgan fingerprint density at radius 2 is 1.80 bits per heavy atom. The van der Waals surface area contributed by atoms with Gasteiger partial charge in [0, 0.05) is 49.0 Å². The van der Waals surface area contributed by atoms with E-state index < -0.39 is 5.91 Å². The van der Waals surface area contributed by atoms with E-state index in [4.69, 9.17) is 21.9 Å². The lowest BCUT2D eigenvalue weighted by Gasteiger charge is -2.35. The Kier molecular flexibility index (Phi) is 7.21. The molecule has 158 valence electrons. The molecule has 30 heavy (non-hydrogen) atoms. The molecule has 0 aliphatic carbocycles. The number of carbonyl (C=O) groups excluding carboxylic acids is 1. The standard InChI is InChI=1S/C21H26N6O2S/c1-29-17-4-2-3-16(13-17)26-9-11-27(12-10-26)30-18-7-5-15(6-8-18)25-20(23)19(14-22)21(24)28/h2-8,13-14H,9-12,22H2,1H3,(H2,23,25)(H2,24,28)/b19-14+. The molecular formula is C21H26N6O2S. The van der Waals surface area contributed by atoms with Crippen LogP contribution in [0, 0.1) is 0 Å². The molecule has 0 saturated carbocycles. The average Bonchev–Trinajstić information content (AvgIpc) is 2.76. The highest BCUT2D eigenvalue weighted by molar-refractivity contribution is 7.97. The Labute approximate surface area is 180 Å². The maximum Gasteiger partial charge on any atom is 0.253 e. The number of methoxy groups -OCH3 is 1. The Balaban J connectivity index is 1.56. The van der Waals surface area contributed by atoms with Crippen LogP contribution in [-0.4, -0.2) is 49.3 Å². The van der Waals surface area contributed by atoms with Crippen LogP contribution in [-0.2, 0) is 4.79 Å². The number of primary amides is 1. The molecule has 0 unspecified atom stereocenters. The molecule has 0 spiro atoms. The molecule has 0 radical (unpaired) electrons. The van der Waals surface area contributed by atoms with E-state index in [1.807, 2.05) is 36.4 Å². The smallest absolute Gasteiger partial charge is 0.253 e. The number of carbonyl (C=O) groups is 1. The number of piperazine rings is 1. The number of anilines is 1. The second-order valence-corrected chi connectivity index (χ2v) is 7.81. The zero-order chi connectivity index (χ0) is 21.5. The Morgan fingerprint density at radius 3 is 2.40 bits per heavy atom. The van der Waals surface area contributed by atoms with Gasteiger partial charge in [-0.3, -0.25) is 4.79 Å². The van der Waals surface area contributed by atoms with Gasteiger partial charge in [-0.25, -0.2) is 9.30 Å². The third kappa shape index (κ3) is 5.46. The lowest BCUT2D eigenvalue weighted by atomic mass is 10.2. The third-order valence-electron chi connectivity index (χ3n) is 4.69. The van der Waals surface area contributed by atoms with Crippen LogP contribution in [0.15, 0.2) is 70.2 Å². The Hall–Kier alpha value is -3.17. The van der Waals surface area contributed by atoms with E-state index in [1.165, 1.54) is 5.69 Å². The fraction of sp³-hybridized carbons (Fsp3) is 0.238. The zero-order valence-electron chi connectivity index (χ0n) is 16.8. The third-order valence-corrected chi connectivity index (χ3v) is 5.79. The second-order valence-electron chi connectivity index (χ2n) is 6.64. The van der Waals surface area contributed by atoms with Crippen molar-refractivity contribution in [1.82, 2.24) is 4.31 Å².